The number of likely N-dealkylation sites (N-methyl/N-ethyl adjacent to an activating group) is 1. The van der Waals surface area contributed by atoms with Crippen LogP contribution in [0.25, 0.3) is 0 Å². The quantitative estimate of drug-likeness (QED) is 0.506. The van der Waals surface area contributed by atoms with Crippen LogP contribution in [0.1, 0.15) is 44.0 Å². The van der Waals surface area contributed by atoms with Gasteiger partial charge in [0, 0.05) is 37.0 Å². The fourth-order valence-corrected chi connectivity index (χ4v) is 5.04. The van der Waals surface area contributed by atoms with E-state index in [9.17, 15) is 18.0 Å². The molecule has 0 aromatic heterocycles. The molecule has 0 fully saturated rings. The molecule has 0 aliphatic heterocycles. The number of nitrogens with zero attached hydrogens (tertiary/aromatic N) is 2. The summed E-state index contributed by atoms with van der Waals surface area (Å²) in [7, 11) is -2.17. The SMILES string of the molecule is CCCN(CCC)S(=O)(=O)c1cccc(C(=O)N(CC)CC(=O)Nc2cccc(OC)c2)c1. The normalized spacial score (nSPS) is 11.3. The van der Waals surface area contributed by atoms with Crippen LogP contribution in [-0.2, 0) is 14.8 Å². The third kappa shape index (κ3) is 7.03. The van der Waals surface area contributed by atoms with Gasteiger partial charge in [0.2, 0.25) is 15.9 Å². The highest BCUT2D eigenvalue weighted by Crippen LogP contribution is 2.20. The van der Waals surface area contributed by atoms with Gasteiger partial charge in [-0.25, -0.2) is 8.42 Å². The minimum absolute atomic E-state index is 0.0761. The van der Waals surface area contributed by atoms with Gasteiger partial charge in [-0.15, -0.1) is 0 Å². The predicted octanol–water partition coefficient (Wildman–Crippen LogP) is 3.61. The Morgan fingerprint density at radius 1 is 0.970 bits per heavy atom. The van der Waals surface area contributed by atoms with Crippen LogP contribution in [0.2, 0.25) is 0 Å². The molecule has 2 aromatic rings. The van der Waals surface area contributed by atoms with E-state index in [-0.39, 0.29) is 22.9 Å². The van der Waals surface area contributed by atoms with E-state index < -0.39 is 15.9 Å². The van der Waals surface area contributed by atoms with Gasteiger partial charge in [-0.3, -0.25) is 9.59 Å². The zero-order chi connectivity index (χ0) is 24.4. The van der Waals surface area contributed by atoms with E-state index in [1.54, 1.807) is 43.3 Å². The molecule has 0 bridgehead atoms. The Kier molecular flexibility index (Phi) is 9.87. The number of hydrogen-bond acceptors (Lipinski definition) is 5. The fraction of sp³-hybridized carbons (Fsp3) is 0.417. The Balaban J connectivity index is 2.18. The number of amides is 2. The molecular formula is C24H33N3O5S. The Morgan fingerprint density at radius 2 is 1.64 bits per heavy atom. The van der Waals surface area contributed by atoms with Gasteiger partial charge >= 0.3 is 0 Å². The van der Waals surface area contributed by atoms with Crippen molar-refractivity contribution in [1.82, 2.24) is 9.21 Å². The molecule has 1 N–H and O–H groups in total. The Bertz CT molecular complexity index is 1050. The second-order valence-electron chi connectivity index (χ2n) is 7.53. The van der Waals surface area contributed by atoms with E-state index in [0.29, 0.717) is 43.9 Å². The molecular weight excluding hydrogens is 442 g/mol. The topological polar surface area (TPSA) is 96.0 Å². The van der Waals surface area contributed by atoms with Gasteiger partial charge in [0.25, 0.3) is 5.91 Å². The van der Waals surface area contributed by atoms with Crippen LogP contribution in [0, 0.1) is 0 Å². The van der Waals surface area contributed by atoms with Crippen molar-refractivity contribution in [3.05, 3.63) is 54.1 Å². The first-order valence-corrected chi connectivity index (χ1v) is 12.5. The van der Waals surface area contributed by atoms with Crippen LogP contribution in [0.4, 0.5) is 5.69 Å². The zero-order valence-electron chi connectivity index (χ0n) is 19.7. The van der Waals surface area contributed by atoms with Gasteiger partial charge in [-0.1, -0.05) is 26.0 Å². The lowest BCUT2D eigenvalue weighted by Gasteiger charge is -2.23. The van der Waals surface area contributed by atoms with E-state index in [1.807, 2.05) is 13.8 Å². The van der Waals surface area contributed by atoms with Crippen molar-refractivity contribution in [1.29, 1.82) is 0 Å². The molecule has 2 rings (SSSR count). The first-order chi connectivity index (χ1) is 15.8. The number of benzene rings is 2. The maximum atomic E-state index is 13.1. The summed E-state index contributed by atoms with van der Waals surface area (Å²) in [4.78, 5) is 27.1. The van der Waals surface area contributed by atoms with Gasteiger partial charge in [0.15, 0.2) is 0 Å². The summed E-state index contributed by atoms with van der Waals surface area (Å²) < 4.78 is 32.8. The number of carbonyl (C=O) groups excluding carboxylic acids is 2. The lowest BCUT2D eigenvalue weighted by Crippen LogP contribution is -2.38. The fourth-order valence-electron chi connectivity index (χ4n) is 3.37. The molecule has 0 saturated carbocycles. The molecule has 0 aliphatic carbocycles. The van der Waals surface area contributed by atoms with Gasteiger partial charge in [0.1, 0.15) is 12.3 Å². The van der Waals surface area contributed by atoms with Gasteiger partial charge in [-0.2, -0.15) is 4.31 Å². The number of rotatable bonds is 12. The highest BCUT2D eigenvalue weighted by atomic mass is 32.2. The number of hydrogen-bond donors (Lipinski definition) is 1. The average molecular weight is 476 g/mol. The van der Waals surface area contributed by atoms with Crippen LogP contribution in [0.5, 0.6) is 5.75 Å². The van der Waals surface area contributed by atoms with Crippen molar-refractivity contribution >= 4 is 27.5 Å². The van der Waals surface area contributed by atoms with Crippen molar-refractivity contribution in [3.8, 4) is 5.75 Å². The minimum atomic E-state index is -3.71. The second kappa shape index (κ2) is 12.4. The molecule has 2 aromatic carbocycles. The second-order valence-corrected chi connectivity index (χ2v) is 9.47. The van der Waals surface area contributed by atoms with E-state index in [1.165, 1.54) is 28.4 Å². The number of carbonyl (C=O) groups is 2. The van der Waals surface area contributed by atoms with Crippen molar-refractivity contribution in [2.75, 3.05) is 38.6 Å². The molecule has 0 heterocycles. The molecule has 9 heteroatoms. The molecule has 0 radical (unpaired) electrons. The van der Waals surface area contributed by atoms with Crippen molar-refractivity contribution in [2.24, 2.45) is 0 Å². The molecule has 0 unspecified atom stereocenters. The third-order valence-electron chi connectivity index (χ3n) is 5.02. The number of ether oxygens (including phenoxy) is 1. The molecule has 8 nitrogen and oxygen atoms in total. The maximum absolute atomic E-state index is 13.1. The highest BCUT2D eigenvalue weighted by Gasteiger charge is 2.25. The Labute approximate surface area is 196 Å². The van der Waals surface area contributed by atoms with E-state index in [0.717, 1.165) is 0 Å². The highest BCUT2D eigenvalue weighted by molar-refractivity contribution is 7.89. The molecule has 180 valence electrons. The summed E-state index contributed by atoms with van der Waals surface area (Å²) in [5.74, 6) is -0.165. The van der Waals surface area contributed by atoms with E-state index in [2.05, 4.69) is 5.32 Å². The summed E-state index contributed by atoms with van der Waals surface area (Å²) in [6, 6.07) is 12.9. The molecule has 2 amide bonds. The molecule has 0 saturated heterocycles. The van der Waals surface area contributed by atoms with Gasteiger partial charge in [0.05, 0.1) is 12.0 Å². The van der Waals surface area contributed by atoms with Gasteiger partial charge < -0.3 is 15.0 Å². The van der Waals surface area contributed by atoms with Crippen LogP contribution in [0.3, 0.4) is 0 Å². The average Bonchev–Trinajstić information content (AvgIpc) is 2.82. The maximum Gasteiger partial charge on any atom is 0.254 e. The van der Waals surface area contributed by atoms with E-state index in [4.69, 9.17) is 4.74 Å². The summed E-state index contributed by atoms with van der Waals surface area (Å²) in [6.45, 7) is 6.57. The summed E-state index contributed by atoms with van der Waals surface area (Å²) in [6.07, 6.45) is 1.40. The smallest absolute Gasteiger partial charge is 0.254 e. The van der Waals surface area contributed by atoms with Crippen molar-refractivity contribution in [3.63, 3.8) is 0 Å². The summed E-state index contributed by atoms with van der Waals surface area (Å²) >= 11 is 0. The van der Waals surface area contributed by atoms with Gasteiger partial charge in [-0.05, 0) is 50.1 Å². The van der Waals surface area contributed by atoms with Crippen LogP contribution < -0.4 is 10.1 Å². The zero-order valence-corrected chi connectivity index (χ0v) is 20.5. The first kappa shape index (κ1) is 26.3. The standard InChI is InChI=1S/C24H33N3O5S/c1-5-14-27(15-6-2)33(30,31)22-13-8-10-19(16-22)24(29)26(7-3)18-23(28)25-20-11-9-12-21(17-20)32-4/h8-13,16-17H,5-7,14-15,18H2,1-4H3,(H,25,28). The van der Waals surface area contributed by atoms with Crippen LogP contribution >= 0.6 is 0 Å². The minimum Gasteiger partial charge on any atom is -0.497 e. The van der Waals surface area contributed by atoms with Crippen LogP contribution in [0.15, 0.2) is 53.4 Å². The Morgan fingerprint density at radius 3 is 2.24 bits per heavy atom. The Hall–Kier alpha value is -2.91. The summed E-state index contributed by atoms with van der Waals surface area (Å²) in [5, 5.41) is 2.75. The number of nitrogens with one attached hydrogen (secondary N) is 1. The monoisotopic (exact) mass is 475 g/mol. The molecule has 0 aliphatic rings. The molecule has 33 heavy (non-hydrogen) atoms. The number of sulfonamides is 1. The van der Waals surface area contributed by atoms with E-state index >= 15 is 0 Å². The lowest BCUT2D eigenvalue weighted by molar-refractivity contribution is -0.116. The number of anilines is 1. The molecule has 0 atom stereocenters. The van der Waals surface area contributed by atoms with Crippen molar-refractivity contribution in [2.45, 2.75) is 38.5 Å². The predicted molar refractivity (Wildman–Crippen MR) is 129 cm³/mol. The first-order valence-electron chi connectivity index (χ1n) is 11.1. The van der Waals surface area contributed by atoms with Crippen molar-refractivity contribution < 1.29 is 22.7 Å². The largest absolute Gasteiger partial charge is 0.497 e. The van der Waals surface area contributed by atoms with Crippen LogP contribution in [-0.4, -0.2) is 62.7 Å². The number of methoxy groups -OCH3 is 1. The lowest BCUT2D eigenvalue weighted by atomic mass is 10.2. The third-order valence-corrected chi connectivity index (χ3v) is 6.92. The summed E-state index contributed by atoms with van der Waals surface area (Å²) in [5.41, 5.74) is 0.780. The molecule has 0 spiro atoms.